The molecule has 2 saturated heterocycles. The van der Waals surface area contributed by atoms with Crippen molar-refractivity contribution in [2.24, 2.45) is 5.41 Å². The number of hydrogen-bond donors (Lipinski definition) is 1. The second-order valence-electron chi connectivity index (χ2n) is 8.73. The molecular formula is C24H31N3O3. The highest BCUT2D eigenvalue weighted by Crippen LogP contribution is 2.40. The van der Waals surface area contributed by atoms with E-state index in [0.29, 0.717) is 32.0 Å². The Morgan fingerprint density at radius 3 is 2.90 bits per heavy atom. The number of carbonyl (C=O) groups excluding carboxylic acids is 2. The van der Waals surface area contributed by atoms with E-state index in [4.69, 9.17) is 4.42 Å². The molecule has 1 atom stereocenters. The van der Waals surface area contributed by atoms with Crippen LogP contribution in [0.25, 0.3) is 0 Å². The summed E-state index contributed by atoms with van der Waals surface area (Å²) in [5.41, 5.74) is 2.15. The van der Waals surface area contributed by atoms with Crippen molar-refractivity contribution in [3.8, 4) is 0 Å². The van der Waals surface area contributed by atoms with Gasteiger partial charge in [0, 0.05) is 32.6 Å². The molecule has 160 valence electrons. The molecule has 2 fully saturated rings. The SMILES string of the molecule is Cc1cccc(CN2CCC[C@]3(CCN(CCC(=O)NCc4ccco4)C3)C2=O)c1. The lowest BCUT2D eigenvalue weighted by Gasteiger charge is -2.39. The van der Waals surface area contributed by atoms with Gasteiger partial charge in [-0.25, -0.2) is 0 Å². The van der Waals surface area contributed by atoms with Gasteiger partial charge in [-0.15, -0.1) is 0 Å². The van der Waals surface area contributed by atoms with Crippen LogP contribution in [-0.4, -0.2) is 47.8 Å². The predicted octanol–water partition coefficient (Wildman–Crippen LogP) is 3.11. The molecule has 2 aromatic rings. The van der Waals surface area contributed by atoms with E-state index in [1.807, 2.05) is 17.0 Å². The van der Waals surface area contributed by atoms with E-state index in [2.05, 4.69) is 41.4 Å². The van der Waals surface area contributed by atoms with Crippen molar-refractivity contribution in [3.63, 3.8) is 0 Å². The summed E-state index contributed by atoms with van der Waals surface area (Å²) in [5.74, 6) is 1.06. The quantitative estimate of drug-likeness (QED) is 0.763. The molecule has 1 N–H and O–H groups in total. The number of furan rings is 1. The number of carbonyl (C=O) groups is 2. The lowest BCUT2D eigenvalue weighted by Crippen LogP contribution is -2.49. The van der Waals surface area contributed by atoms with Crippen LogP contribution in [0.15, 0.2) is 47.1 Å². The Bertz CT molecular complexity index is 880. The number of aryl methyl sites for hydroxylation is 1. The van der Waals surface area contributed by atoms with Crippen LogP contribution < -0.4 is 5.32 Å². The van der Waals surface area contributed by atoms with Crippen molar-refractivity contribution in [1.29, 1.82) is 0 Å². The zero-order valence-corrected chi connectivity index (χ0v) is 17.7. The minimum Gasteiger partial charge on any atom is -0.467 e. The Morgan fingerprint density at radius 2 is 2.10 bits per heavy atom. The molecule has 0 saturated carbocycles. The molecule has 1 aromatic heterocycles. The fourth-order valence-corrected chi connectivity index (χ4v) is 4.81. The van der Waals surface area contributed by atoms with Crippen molar-refractivity contribution >= 4 is 11.8 Å². The standard InChI is InChI=1S/C24H31N3O3/c1-19-5-2-6-20(15-19)17-27-11-4-9-24(23(27)29)10-13-26(18-24)12-8-22(28)25-16-21-7-3-14-30-21/h2-3,5-7,14-15H,4,8-13,16-18H2,1H3,(H,25,28)/t24-/m1/s1. The third-order valence-electron chi connectivity index (χ3n) is 6.41. The monoisotopic (exact) mass is 409 g/mol. The van der Waals surface area contributed by atoms with Gasteiger partial charge in [0.05, 0.1) is 18.2 Å². The summed E-state index contributed by atoms with van der Waals surface area (Å²) < 4.78 is 5.24. The molecular weight excluding hydrogens is 378 g/mol. The van der Waals surface area contributed by atoms with Crippen LogP contribution in [0.1, 0.15) is 42.6 Å². The second kappa shape index (κ2) is 9.04. The summed E-state index contributed by atoms with van der Waals surface area (Å²) in [4.78, 5) is 29.8. The lowest BCUT2D eigenvalue weighted by molar-refractivity contribution is -0.146. The van der Waals surface area contributed by atoms with Crippen LogP contribution in [0.4, 0.5) is 0 Å². The fourth-order valence-electron chi connectivity index (χ4n) is 4.81. The maximum absolute atomic E-state index is 13.4. The molecule has 6 nitrogen and oxygen atoms in total. The van der Waals surface area contributed by atoms with E-state index in [-0.39, 0.29) is 11.3 Å². The molecule has 30 heavy (non-hydrogen) atoms. The van der Waals surface area contributed by atoms with E-state index in [1.54, 1.807) is 6.26 Å². The predicted molar refractivity (Wildman–Crippen MR) is 114 cm³/mol. The van der Waals surface area contributed by atoms with Crippen molar-refractivity contribution in [3.05, 3.63) is 59.5 Å². The smallest absolute Gasteiger partial charge is 0.230 e. The average molecular weight is 410 g/mol. The van der Waals surface area contributed by atoms with Gasteiger partial charge in [-0.1, -0.05) is 29.8 Å². The van der Waals surface area contributed by atoms with E-state index in [1.165, 1.54) is 11.1 Å². The topological polar surface area (TPSA) is 65.8 Å². The number of likely N-dealkylation sites (tertiary alicyclic amines) is 2. The average Bonchev–Trinajstić information content (AvgIpc) is 3.39. The van der Waals surface area contributed by atoms with Gasteiger partial charge >= 0.3 is 0 Å². The largest absolute Gasteiger partial charge is 0.467 e. The minimum absolute atomic E-state index is 0.0170. The van der Waals surface area contributed by atoms with Gasteiger partial charge in [-0.3, -0.25) is 9.59 Å². The summed E-state index contributed by atoms with van der Waals surface area (Å²) in [5, 5.41) is 2.89. The van der Waals surface area contributed by atoms with Gasteiger partial charge in [0.2, 0.25) is 11.8 Å². The van der Waals surface area contributed by atoms with Crippen molar-refractivity contribution in [2.45, 2.75) is 45.7 Å². The summed E-state index contributed by atoms with van der Waals surface area (Å²) in [6.45, 7) is 6.37. The van der Waals surface area contributed by atoms with Gasteiger partial charge in [0.15, 0.2) is 0 Å². The van der Waals surface area contributed by atoms with Crippen molar-refractivity contribution < 1.29 is 14.0 Å². The van der Waals surface area contributed by atoms with E-state index in [0.717, 1.165) is 44.7 Å². The Balaban J connectivity index is 1.28. The summed E-state index contributed by atoms with van der Waals surface area (Å²) >= 11 is 0. The molecule has 1 spiro atoms. The first-order chi connectivity index (χ1) is 14.5. The van der Waals surface area contributed by atoms with Gasteiger partial charge in [0.25, 0.3) is 0 Å². The summed E-state index contributed by atoms with van der Waals surface area (Å²) in [6.07, 6.45) is 4.95. The van der Waals surface area contributed by atoms with E-state index in [9.17, 15) is 9.59 Å². The maximum Gasteiger partial charge on any atom is 0.230 e. The highest BCUT2D eigenvalue weighted by molar-refractivity contribution is 5.84. The normalized spacial score (nSPS) is 22.0. The molecule has 0 bridgehead atoms. The van der Waals surface area contributed by atoms with Gasteiger partial charge in [0.1, 0.15) is 5.76 Å². The second-order valence-corrected chi connectivity index (χ2v) is 8.73. The number of hydrogen-bond acceptors (Lipinski definition) is 4. The van der Waals surface area contributed by atoms with Crippen molar-refractivity contribution in [2.75, 3.05) is 26.2 Å². The van der Waals surface area contributed by atoms with Gasteiger partial charge in [-0.05, 0) is 50.4 Å². The molecule has 3 heterocycles. The molecule has 0 radical (unpaired) electrons. The number of amides is 2. The number of nitrogens with one attached hydrogen (secondary N) is 1. The molecule has 2 aliphatic heterocycles. The number of nitrogens with zero attached hydrogens (tertiary/aromatic N) is 2. The number of benzene rings is 1. The zero-order valence-electron chi connectivity index (χ0n) is 17.7. The molecule has 6 heteroatoms. The molecule has 0 unspecified atom stereocenters. The van der Waals surface area contributed by atoms with Crippen LogP contribution in [0.2, 0.25) is 0 Å². The molecule has 1 aromatic carbocycles. The third-order valence-corrected chi connectivity index (χ3v) is 6.41. The maximum atomic E-state index is 13.4. The van der Waals surface area contributed by atoms with Crippen LogP contribution >= 0.6 is 0 Å². The van der Waals surface area contributed by atoms with Crippen LogP contribution in [0.5, 0.6) is 0 Å². The molecule has 0 aliphatic carbocycles. The van der Waals surface area contributed by atoms with E-state index >= 15 is 0 Å². The Hall–Kier alpha value is -2.60. The van der Waals surface area contributed by atoms with Gasteiger partial charge in [-0.2, -0.15) is 0 Å². The third kappa shape index (κ3) is 4.75. The number of rotatable bonds is 7. The van der Waals surface area contributed by atoms with Crippen LogP contribution in [0, 0.1) is 12.3 Å². The Morgan fingerprint density at radius 1 is 1.20 bits per heavy atom. The van der Waals surface area contributed by atoms with Gasteiger partial charge < -0.3 is 19.5 Å². The lowest BCUT2D eigenvalue weighted by atomic mass is 9.78. The molecule has 2 amide bonds. The minimum atomic E-state index is -0.271. The van der Waals surface area contributed by atoms with Crippen LogP contribution in [-0.2, 0) is 22.7 Å². The highest BCUT2D eigenvalue weighted by Gasteiger charge is 2.48. The molecule has 2 aliphatic rings. The first kappa shape index (κ1) is 20.7. The highest BCUT2D eigenvalue weighted by atomic mass is 16.3. The first-order valence-electron chi connectivity index (χ1n) is 10.9. The molecule has 4 rings (SSSR count). The van der Waals surface area contributed by atoms with E-state index < -0.39 is 0 Å². The zero-order chi connectivity index (χ0) is 21.0. The summed E-state index contributed by atoms with van der Waals surface area (Å²) in [6, 6.07) is 12.1. The summed E-state index contributed by atoms with van der Waals surface area (Å²) in [7, 11) is 0. The van der Waals surface area contributed by atoms with Crippen molar-refractivity contribution in [1.82, 2.24) is 15.1 Å². The fraction of sp³-hybridized carbons (Fsp3) is 0.500. The Kier molecular flexibility index (Phi) is 6.23. The Labute approximate surface area is 178 Å². The number of piperidine rings is 1. The first-order valence-corrected chi connectivity index (χ1v) is 10.9. The van der Waals surface area contributed by atoms with Crippen LogP contribution in [0.3, 0.4) is 0 Å².